The molecule has 2 rings (SSSR count). The SMILES string of the molecule is COc1cc(C)ccc1CNC(=O)NC1CCCC1(C)CO. The summed E-state index contributed by atoms with van der Waals surface area (Å²) in [6.07, 6.45) is 2.90. The van der Waals surface area contributed by atoms with Gasteiger partial charge in [-0.05, 0) is 31.4 Å². The lowest BCUT2D eigenvalue weighted by atomic mass is 9.86. The van der Waals surface area contributed by atoms with Gasteiger partial charge in [0.25, 0.3) is 0 Å². The minimum atomic E-state index is -0.209. The van der Waals surface area contributed by atoms with Gasteiger partial charge in [-0.1, -0.05) is 25.5 Å². The van der Waals surface area contributed by atoms with Crippen LogP contribution in [0.5, 0.6) is 5.75 Å². The van der Waals surface area contributed by atoms with Crippen LogP contribution in [0.2, 0.25) is 0 Å². The van der Waals surface area contributed by atoms with E-state index in [-0.39, 0.29) is 24.1 Å². The Hall–Kier alpha value is -1.75. The molecule has 2 atom stereocenters. The number of aryl methyl sites for hydroxylation is 1. The normalized spacial score (nSPS) is 24.1. The molecule has 0 heterocycles. The first-order chi connectivity index (χ1) is 10.5. The van der Waals surface area contributed by atoms with Gasteiger partial charge in [-0.3, -0.25) is 0 Å². The first-order valence-corrected chi connectivity index (χ1v) is 7.77. The Bertz CT molecular complexity index is 533. The molecule has 3 N–H and O–H groups in total. The van der Waals surface area contributed by atoms with Crippen molar-refractivity contribution >= 4 is 6.03 Å². The number of rotatable bonds is 5. The summed E-state index contributed by atoms with van der Waals surface area (Å²) in [6, 6.07) is 5.74. The average Bonchev–Trinajstić information content (AvgIpc) is 2.87. The minimum Gasteiger partial charge on any atom is -0.496 e. The van der Waals surface area contributed by atoms with E-state index >= 15 is 0 Å². The Balaban J connectivity index is 1.91. The van der Waals surface area contributed by atoms with Crippen LogP contribution in [0.4, 0.5) is 4.79 Å². The van der Waals surface area contributed by atoms with Gasteiger partial charge < -0.3 is 20.5 Å². The number of methoxy groups -OCH3 is 1. The maximum atomic E-state index is 12.1. The molecule has 1 aliphatic carbocycles. The number of aliphatic hydroxyl groups is 1. The Kier molecular flexibility index (Phi) is 5.29. The molecule has 5 heteroatoms. The van der Waals surface area contributed by atoms with Crippen LogP contribution >= 0.6 is 0 Å². The van der Waals surface area contributed by atoms with E-state index < -0.39 is 0 Å². The monoisotopic (exact) mass is 306 g/mol. The molecule has 1 aromatic rings. The highest BCUT2D eigenvalue weighted by Crippen LogP contribution is 2.37. The summed E-state index contributed by atoms with van der Waals surface area (Å²) in [5, 5.41) is 15.4. The van der Waals surface area contributed by atoms with Crippen molar-refractivity contribution in [2.45, 2.75) is 45.7 Å². The predicted octanol–water partition coefficient (Wildman–Crippen LogP) is 2.35. The maximum Gasteiger partial charge on any atom is 0.315 e. The number of carbonyl (C=O) groups is 1. The van der Waals surface area contributed by atoms with Gasteiger partial charge >= 0.3 is 6.03 Å². The molecular weight excluding hydrogens is 280 g/mol. The van der Waals surface area contributed by atoms with Crippen molar-refractivity contribution in [1.82, 2.24) is 10.6 Å². The molecule has 0 saturated heterocycles. The first-order valence-electron chi connectivity index (χ1n) is 7.77. The van der Waals surface area contributed by atoms with Crippen LogP contribution in [-0.2, 0) is 6.54 Å². The number of amides is 2. The zero-order valence-corrected chi connectivity index (χ0v) is 13.6. The van der Waals surface area contributed by atoms with Gasteiger partial charge in [0.2, 0.25) is 0 Å². The van der Waals surface area contributed by atoms with E-state index in [4.69, 9.17) is 4.74 Å². The lowest BCUT2D eigenvalue weighted by Crippen LogP contribution is -2.48. The molecule has 2 unspecified atom stereocenters. The Morgan fingerprint density at radius 2 is 2.27 bits per heavy atom. The lowest BCUT2D eigenvalue weighted by Gasteiger charge is -2.30. The molecule has 1 saturated carbocycles. The summed E-state index contributed by atoms with van der Waals surface area (Å²) in [6.45, 7) is 4.54. The predicted molar refractivity (Wildman–Crippen MR) is 85.9 cm³/mol. The van der Waals surface area contributed by atoms with E-state index in [2.05, 4.69) is 10.6 Å². The quantitative estimate of drug-likeness (QED) is 0.782. The second-order valence-corrected chi connectivity index (χ2v) is 6.40. The number of benzene rings is 1. The number of nitrogens with one attached hydrogen (secondary N) is 2. The standard InChI is InChI=1S/C17H26N2O3/c1-12-6-7-13(14(9-12)22-3)10-18-16(21)19-15-5-4-8-17(15,2)11-20/h6-7,9,15,20H,4-5,8,10-11H2,1-3H3,(H2,18,19,21). The maximum absolute atomic E-state index is 12.1. The molecule has 0 radical (unpaired) electrons. The molecular formula is C17H26N2O3. The van der Waals surface area contributed by atoms with Gasteiger partial charge in [-0.2, -0.15) is 0 Å². The van der Waals surface area contributed by atoms with Gasteiger partial charge in [0.05, 0.1) is 13.7 Å². The fourth-order valence-corrected chi connectivity index (χ4v) is 3.05. The molecule has 2 amide bonds. The lowest BCUT2D eigenvalue weighted by molar-refractivity contribution is 0.121. The second-order valence-electron chi connectivity index (χ2n) is 6.40. The number of carbonyl (C=O) groups excluding carboxylic acids is 1. The summed E-state index contributed by atoms with van der Waals surface area (Å²) in [4.78, 5) is 12.1. The third kappa shape index (κ3) is 3.71. The molecule has 22 heavy (non-hydrogen) atoms. The van der Waals surface area contributed by atoms with E-state index in [1.165, 1.54) is 0 Å². The van der Waals surface area contributed by atoms with Crippen LogP contribution in [0, 0.1) is 12.3 Å². The Morgan fingerprint density at radius 1 is 1.50 bits per heavy atom. The summed E-state index contributed by atoms with van der Waals surface area (Å²) < 4.78 is 5.34. The van der Waals surface area contributed by atoms with Crippen molar-refractivity contribution < 1.29 is 14.6 Å². The van der Waals surface area contributed by atoms with Crippen LogP contribution in [-0.4, -0.2) is 30.9 Å². The van der Waals surface area contributed by atoms with Crippen molar-refractivity contribution in [3.63, 3.8) is 0 Å². The van der Waals surface area contributed by atoms with Gasteiger partial charge in [0, 0.05) is 23.6 Å². The topological polar surface area (TPSA) is 70.6 Å². The number of aliphatic hydroxyl groups excluding tert-OH is 1. The third-order valence-corrected chi connectivity index (χ3v) is 4.63. The molecule has 1 aromatic carbocycles. The van der Waals surface area contributed by atoms with E-state index in [9.17, 15) is 9.90 Å². The highest BCUT2D eigenvalue weighted by Gasteiger charge is 2.39. The molecule has 1 aliphatic rings. The first kappa shape index (κ1) is 16.6. The van der Waals surface area contributed by atoms with Crippen LogP contribution < -0.4 is 15.4 Å². The highest BCUT2D eigenvalue weighted by atomic mass is 16.5. The highest BCUT2D eigenvalue weighted by molar-refractivity contribution is 5.74. The Labute approximate surface area is 132 Å². The summed E-state index contributed by atoms with van der Waals surface area (Å²) in [7, 11) is 1.63. The molecule has 5 nitrogen and oxygen atoms in total. The summed E-state index contributed by atoms with van der Waals surface area (Å²) >= 11 is 0. The molecule has 0 aliphatic heterocycles. The fourth-order valence-electron chi connectivity index (χ4n) is 3.05. The van der Waals surface area contributed by atoms with Crippen LogP contribution in [0.1, 0.15) is 37.3 Å². The molecule has 0 aromatic heterocycles. The largest absolute Gasteiger partial charge is 0.496 e. The molecule has 122 valence electrons. The fraction of sp³-hybridized carbons (Fsp3) is 0.588. The van der Waals surface area contributed by atoms with Crippen LogP contribution in [0.15, 0.2) is 18.2 Å². The van der Waals surface area contributed by atoms with Crippen molar-refractivity contribution in [3.8, 4) is 5.75 Å². The van der Waals surface area contributed by atoms with E-state index in [0.29, 0.717) is 6.54 Å². The van der Waals surface area contributed by atoms with Crippen LogP contribution in [0.25, 0.3) is 0 Å². The molecule has 0 spiro atoms. The van der Waals surface area contributed by atoms with E-state index in [1.54, 1.807) is 7.11 Å². The van der Waals surface area contributed by atoms with Gasteiger partial charge in [0.15, 0.2) is 0 Å². The zero-order valence-electron chi connectivity index (χ0n) is 13.6. The van der Waals surface area contributed by atoms with Crippen molar-refractivity contribution in [3.05, 3.63) is 29.3 Å². The number of hydrogen-bond acceptors (Lipinski definition) is 3. The van der Waals surface area contributed by atoms with Gasteiger partial charge in [-0.25, -0.2) is 4.79 Å². The van der Waals surface area contributed by atoms with E-state index in [0.717, 1.165) is 36.1 Å². The molecule has 1 fully saturated rings. The Morgan fingerprint density at radius 3 is 2.95 bits per heavy atom. The third-order valence-electron chi connectivity index (χ3n) is 4.63. The van der Waals surface area contributed by atoms with Crippen LogP contribution in [0.3, 0.4) is 0 Å². The van der Waals surface area contributed by atoms with Gasteiger partial charge in [-0.15, -0.1) is 0 Å². The summed E-state index contributed by atoms with van der Waals surface area (Å²) in [5.41, 5.74) is 1.85. The van der Waals surface area contributed by atoms with Crippen molar-refractivity contribution in [1.29, 1.82) is 0 Å². The van der Waals surface area contributed by atoms with Crippen molar-refractivity contribution in [2.24, 2.45) is 5.41 Å². The second kappa shape index (κ2) is 7.01. The number of hydrogen-bond donors (Lipinski definition) is 3. The average molecular weight is 306 g/mol. The van der Waals surface area contributed by atoms with Gasteiger partial charge in [0.1, 0.15) is 5.75 Å². The number of ether oxygens (including phenoxy) is 1. The minimum absolute atomic E-state index is 0.0254. The molecule has 0 bridgehead atoms. The zero-order chi connectivity index (χ0) is 16.2. The number of urea groups is 1. The smallest absolute Gasteiger partial charge is 0.315 e. The summed E-state index contributed by atoms with van der Waals surface area (Å²) in [5.74, 6) is 0.779. The van der Waals surface area contributed by atoms with E-state index in [1.807, 2.05) is 32.0 Å². The van der Waals surface area contributed by atoms with Crippen molar-refractivity contribution in [2.75, 3.05) is 13.7 Å².